The second kappa shape index (κ2) is 8.58. The molecule has 6 heteroatoms. The first kappa shape index (κ1) is 17.3. The normalized spacial score (nSPS) is 17.9. The molecule has 1 aliphatic heterocycles. The molecule has 1 unspecified atom stereocenters. The van der Waals surface area contributed by atoms with Gasteiger partial charge in [-0.3, -0.25) is 4.79 Å². The minimum atomic E-state index is 0.0788. The number of thioether (sulfide) groups is 2. The third-order valence-electron chi connectivity index (χ3n) is 3.42. The molecule has 4 nitrogen and oxygen atoms in total. The summed E-state index contributed by atoms with van der Waals surface area (Å²) in [5, 5.41) is 0.0788. The van der Waals surface area contributed by atoms with Crippen LogP contribution in [0.1, 0.15) is 24.8 Å². The van der Waals surface area contributed by atoms with Crippen LogP contribution in [0.4, 0.5) is 0 Å². The van der Waals surface area contributed by atoms with Gasteiger partial charge in [-0.2, -0.15) is 11.8 Å². The number of methoxy groups -OCH3 is 1. The van der Waals surface area contributed by atoms with E-state index in [4.69, 9.17) is 9.47 Å². The van der Waals surface area contributed by atoms with Crippen LogP contribution in [0.25, 0.3) is 0 Å². The van der Waals surface area contributed by atoms with Gasteiger partial charge in [0, 0.05) is 12.3 Å². The van der Waals surface area contributed by atoms with E-state index >= 15 is 0 Å². The van der Waals surface area contributed by atoms with Crippen molar-refractivity contribution in [2.45, 2.75) is 19.2 Å². The highest BCUT2D eigenvalue weighted by Crippen LogP contribution is 2.41. The van der Waals surface area contributed by atoms with Crippen molar-refractivity contribution in [3.8, 4) is 11.5 Å². The van der Waals surface area contributed by atoms with Gasteiger partial charge >= 0.3 is 0 Å². The summed E-state index contributed by atoms with van der Waals surface area (Å²) in [7, 11) is 1.64. The Bertz CT molecular complexity index is 510. The highest BCUT2D eigenvalue weighted by Gasteiger charge is 2.32. The number of carbonyl (C=O) groups is 1. The molecule has 1 aromatic rings. The van der Waals surface area contributed by atoms with Crippen molar-refractivity contribution in [1.29, 1.82) is 0 Å². The zero-order chi connectivity index (χ0) is 15.9. The lowest BCUT2D eigenvalue weighted by atomic mass is 10.2. The second-order valence-corrected chi connectivity index (χ2v) is 7.25. The Kier molecular flexibility index (Phi) is 6.76. The van der Waals surface area contributed by atoms with Gasteiger partial charge in [0.15, 0.2) is 11.5 Å². The van der Waals surface area contributed by atoms with Gasteiger partial charge < -0.3 is 14.4 Å². The van der Waals surface area contributed by atoms with Crippen molar-refractivity contribution in [3.05, 3.63) is 23.8 Å². The molecule has 22 heavy (non-hydrogen) atoms. The maximum absolute atomic E-state index is 12.1. The van der Waals surface area contributed by atoms with Crippen molar-refractivity contribution < 1.29 is 14.3 Å². The molecule has 0 saturated carbocycles. The molecule has 1 heterocycles. The molecular weight excluding hydrogens is 318 g/mol. The Morgan fingerprint density at radius 3 is 2.86 bits per heavy atom. The van der Waals surface area contributed by atoms with Gasteiger partial charge in [-0.1, -0.05) is 13.0 Å². The largest absolute Gasteiger partial charge is 0.493 e. The molecule has 1 aliphatic rings. The summed E-state index contributed by atoms with van der Waals surface area (Å²) >= 11 is 3.54. The maximum atomic E-state index is 12.1. The molecule has 0 bridgehead atoms. The van der Waals surface area contributed by atoms with Crippen LogP contribution in [0.3, 0.4) is 0 Å². The maximum Gasteiger partial charge on any atom is 0.233 e. The van der Waals surface area contributed by atoms with Gasteiger partial charge in [0.1, 0.15) is 5.37 Å². The van der Waals surface area contributed by atoms with Crippen molar-refractivity contribution in [2.75, 3.05) is 37.5 Å². The quantitative estimate of drug-likeness (QED) is 0.678. The predicted molar refractivity (Wildman–Crippen MR) is 94.1 cm³/mol. The predicted octanol–water partition coefficient (Wildman–Crippen LogP) is 3.42. The van der Waals surface area contributed by atoms with Gasteiger partial charge in [0.25, 0.3) is 0 Å². The molecule has 0 N–H and O–H groups in total. The number of rotatable bonds is 8. The highest BCUT2D eigenvalue weighted by molar-refractivity contribution is 8.00. The molecule has 0 radical (unpaired) electrons. The minimum Gasteiger partial charge on any atom is -0.493 e. The number of nitrogens with zero attached hydrogens (tertiary/aromatic N) is 1. The molecule has 1 aromatic carbocycles. The molecule has 0 aromatic heterocycles. The van der Waals surface area contributed by atoms with Crippen LogP contribution in [-0.2, 0) is 4.79 Å². The first-order valence-corrected chi connectivity index (χ1v) is 9.71. The molecule has 1 fully saturated rings. The zero-order valence-corrected chi connectivity index (χ0v) is 15.0. The lowest BCUT2D eigenvalue weighted by Crippen LogP contribution is -2.30. The molecule has 1 saturated heterocycles. The third-order valence-corrected chi connectivity index (χ3v) is 5.56. The Hall–Kier alpha value is -1.01. The average Bonchev–Trinajstić information content (AvgIpc) is 2.89. The average molecular weight is 341 g/mol. The SMILES string of the molecule is CCOc1cc(C2SCC(=O)N2CCSCC)ccc1OC. The smallest absolute Gasteiger partial charge is 0.233 e. The number of benzene rings is 1. The van der Waals surface area contributed by atoms with Crippen molar-refractivity contribution in [2.24, 2.45) is 0 Å². The fraction of sp³-hybridized carbons (Fsp3) is 0.562. The van der Waals surface area contributed by atoms with E-state index in [1.165, 1.54) is 0 Å². The van der Waals surface area contributed by atoms with E-state index in [-0.39, 0.29) is 11.3 Å². The van der Waals surface area contributed by atoms with Crippen LogP contribution in [0, 0.1) is 0 Å². The van der Waals surface area contributed by atoms with Gasteiger partial charge in [-0.15, -0.1) is 11.8 Å². The van der Waals surface area contributed by atoms with Crippen molar-refractivity contribution >= 4 is 29.4 Å². The first-order chi connectivity index (χ1) is 10.7. The van der Waals surface area contributed by atoms with E-state index in [0.29, 0.717) is 12.4 Å². The summed E-state index contributed by atoms with van der Waals surface area (Å²) in [5.74, 6) is 4.31. The van der Waals surface area contributed by atoms with Crippen LogP contribution < -0.4 is 9.47 Å². The third kappa shape index (κ3) is 4.04. The van der Waals surface area contributed by atoms with E-state index < -0.39 is 0 Å². The minimum absolute atomic E-state index is 0.0788. The Labute approximate surface area is 140 Å². The summed E-state index contributed by atoms with van der Waals surface area (Å²) in [6.07, 6.45) is 0. The standard InChI is InChI=1S/C16H23NO3S2/c1-4-20-14-10-12(6-7-13(14)19-3)16-17(8-9-21-5-2)15(18)11-22-16/h6-7,10,16H,4-5,8-9,11H2,1-3H3. The van der Waals surface area contributed by atoms with E-state index in [0.717, 1.165) is 35.1 Å². The zero-order valence-electron chi connectivity index (χ0n) is 13.3. The summed E-state index contributed by atoms with van der Waals surface area (Å²) < 4.78 is 11.0. The summed E-state index contributed by atoms with van der Waals surface area (Å²) in [4.78, 5) is 14.1. The summed E-state index contributed by atoms with van der Waals surface area (Å²) in [6, 6.07) is 5.94. The Balaban J connectivity index is 2.17. The fourth-order valence-corrected chi connectivity index (χ4v) is 4.22. The molecule has 0 spiro atoms. The highest BCUT2D eigenvalue weighted by atomic mass is 32.2. The molecule has 122 valence electrons. The topological polar surface area (TPSA) is 38.8 Å². The molecule has 0 aliphatic carbocycles. The van der Waals surface area contributed by atoms with Gasteiger partial charge in [0.05, 0.1) is 19.5 Å². The van der Waals surface area contributed by atoms with Gasteiger partial charge in [-0.25, -0.2) is 0 Å². The number of ether oxygens (including phenoxy) is 2. The van der Waals surface area contributed by atoms with E-state index in [1.54, 1.807) is 18.9 Å². The number of carbonyl (C=O) groups excluding carboxylic acids is 1. The second-order valence-electron chi connectivity index (χ2n) is 4.79. The fourth-order valence-electron chi connectivity index (χ4n) is 2.39. The van der Waals surface area contributed by atoms with Crippen molar-refractivity contribution in [1.82, 2.24) is 4.90 Å². The van der Waals surface area contributed by atoms with E-state index in [9.17, 15) is 4.79 Å². The van der Waals surface area contributed by atoms with Crippen LogP contribution in [0.2, 0.25) is 0 Å². The van der Waals surface area contributed by atoms with Crippen LogP contribution >= 0.6 is 23.5 Å². The van der Waals surface area contributed by atoms with Crippen molar-refractivity contribution in [3.63, 3.8) is 0 Å². The van der Waals surface area contributed by atoms with Crippen LogP contribution in [0.15, 0.2) is 18.2 Å². The number of hydrogen-bond donors (Lipinski definition) is 0. The molecule has 1 amide bonds. The van der Waals surface area contributed by atoms with E-state index in [1.807, 2.05) is 41.8 Å². The lowest BCUT2D eigenvalue weighted by Gasteiger charge is -2.24. The first-order valence-electron chi connectivity index (χ1n) is 7.50. The monoisotopic (exact) mass is 341 g/mol. The molecule has 2 rings (SSSR count). The molecular formula is C16H23NO3S2. The summed E-state index contributed by atoms with van der Waals surface area (Å²) in [6.45, 7) is 5.48. The van der Waals surface area contributed by atoms with Gasteiger partial charge in [0.2, 0.25) is 5.91 Å². The van der Waals surface area contributed by atoms with E-state index in [2.05, 4.69) is 6.92 Å². The van der Waals surface area contributed by atoms with Crippen LogP contribution in [-0.4, -0.2) is 48.3 Å². The van der Waals surface area contributed by atoms with Crippen LogP contribution in [0.5, 0.6) is 11.5 Å². The number of amides is 1. The van der Waals surface area contributed by atoms with Gasteiger partial charge in [-0.05, 0) is 30.4 Å². The summed E-state index contributed by atoms with van der Waals surface area (Å²) in [5.41, 5.74) is 1.10. The Morgan fingerprint density at radius 2 is 2.18 bits per heavy atom. The Morgan fingerprint density at radius 1 is 1.36 bits per heavy atom. The number of hydrogen-bond acceptors (Lipinski definition) is 5. The lowest BCUT2D eigenvalue weighted by molar-refractivity contribution is -0.127. The molecule has 1 atom stereocenters.